The monoisotopic (exact) mass is 195 g/mol. The minimum Gasteiger partial charge on any atom is -0.295 e. The minimum atomic E-state index is 0.849. The standard InChI is InChI=1S/C13H25N/c1-11-7-6-8-12(2)14(11)13-9-4-3-5-10-13/h11-13H,3-10H2,1-2H3. The Morgan fingerprint density at radius 3 is 1.86 bits per heavy atom. The second kappa shape index (κ2) is 4.65. The Morgan fingerprint density at radius 1 is 0.714 bits per heavy atom. The van der Waals surface area contributed by atoms with Crippen LogP contribution in [-0.4, -0.2) is 23.0 Å². The van der Waals surface area contributed by atoms with Crippen LogP contribution in [0.3, 0.4) is 0 Å². The number of hydrogen-bond acceptors (Lipinski definition) is 1. The topological polar surface area (TPSA) is 3.24 Å². The first-order chi connectivity index (χ1) is 6.79. The number of rotatable bonds is 1. The van der Waals surface area contributed by atoms with Crippen LogP contribution >= 0.6 is 0 Å². The maximum absolute atomic E-state index is 2.84. The molecule has 14 heavy (non-hydrogen) atoms. The molecule has 0 bridgehead atoms. The molecule has 1 nitrogen and oxygen atoms in total. The van der Waals surface area contributed by atoms with Crippen molar-refractivity contribution in [2.45, 2.75) is 83.3 Å². The van der Waals surface area contributed by atoms with Gasteiger partial charge in [-0.3, -0.25) is 4.90 Å². The fourth-order valence-electron chi connectivity index (χ4n) is 3.54. The predicted molar refractivity (Wildman–Crippen MR) is 61.5 cm³/mol. The highest BCUT2D eigenvalue weighted by atomic mass is 15.2. The maximum Gasteiger partial charge on any atom is 0.0101 e. The first-order valence-corrected chi connectivity index (χ1v) is 6.56. The van der Waals surface area contributed by atoms with Crippen LogP contribution < -0.4 is 0 Å². The van der Waals surface area contributed by atoms with Crippen LogP contribution in [-0.2, 0) is 0 Å². The van der Waals surface area contributed by atoms with Gasteiger partial charge in [-0.05, 0) is 39.5 Å². The summed E-state index contributed by atoms with van der Waals surface area (Å²) < 4.78 is 0. The van der Waals surface area contributed by atoms with Gasteiger partial charge in [-0.1, -0.05) is 25.7 Å². The van der Waals surface area contributed by atoms with Crippen LogP contribution in [0, 0.1) is 0 Å². The van der Waals surface area contributed by atoms with E-state index in [1.54, 1.807) is 0 Å². The van der Waals surface area contributed by atoms with E-state index in [0.29, 0.717) is 0 Å². The van der Waals surface area contributed by atoms with Crippen molar-refractivity contribution in [1.29, 1.82) is 0 Å². The molecule has 1 saturated carbocycles. The summed E-state index contributed by atoms with van der Waals surface area (Å²) >= 11 is 0. The molecule has 2 fully saturated rings. The van der Waals surface area contributed by atoms with Crippen molar-refractivity contribution in [3.05, 3.63) is 0 Å². The summed E-state index contributed by atoms with van der Waals surface area (Å²) in [6.45, 7) is 4.87. The predicted octanol–water partition coefficient (Wildman–Crippen LogP) is 3.58. The van der Waals surface area contributed by atoms with Crippen molar-refractivity contribution < 1.29 is 0 Å². The summed E-state index contributed by atoms with van der Waals surface area (Å²) in [7, 11) is 0. The lowest BCUT2D eigenvalue weighted by Gasteiger charge is -2.45. The van der Waals surface area contributed by atoms with Gasteiger partial charge in [0.25, 0.3) is 0 Å². The van der Waals surface area contributed by atoms with E-state index in [4.69, 9.17) is 0 Å². The lowest BCUT2D eigenvalue weighted by Crippen LogP contribution is -2.50. The lowest BCUT2D eigenvalue weighted by atomic mass is 9.88. The van der Waals surface area contributed by atoms with E-state index in [-0.39, 0.29) is 0 Å². The first-order valence-electron chi connectivity index (χ1n) is 6.56. The van der Waals surface area contributed by atoms with Gasteiger partial charge >= 0.3 is 0 Å². The summed E-state index contributed by atoms with van der Waals surface area (Å²) in [4.78, 5) is 2.84. The third-order valence-electron chi connectivity index (χ3n) is 4.26. The normalized spacial score (nSPS) is 37.3. The molecular formula is C13H25N. The highest BCUT2D eigenvalue weighted by molar-refractivity contribution is 4.86. The zero-order valence-electron chi connectivity index (χ0n) is 9.84. The van der Waals surface area contributed by atoms with Gasteiger partial charge in [0.05, 0.1) is 0 Å². The highest BCUT2D eigenvalue weighted by Crippen LogP contribution is 2.31. The van der Waals surface area contributed by atoms with E-state index in [1.807, 2.05) is 0 Å². The number of hydrogen-bond donors (Lipinski definition) is 0. The molecule has 1 saturated heterocycles. The summed E-state index contributed by atoms with van der Waals surface area (Å²) in [5.74, 6) is 0. The van der Waals surface area contributed by atoms with Crippen molar-refractivity contribution in [3.63, 3.8) is 0 Å². The molecule has 1 aliphatic heterocycles. The van der Waals surface area contributed by atoms with Gasteiger partial charge < -0.3 is 0 Å². The van der Waals surface area contributed by atoms with E-state index in [2.05, 4.69) is 18.7 Å². The fourth-order valence-corrected chi connectivity index (χ4v) is 3.54. The average Bonchev–Trinajstić information content (AvgIpc) is 2.19. The molecule has 0 radical (unpaired) electrons. The molecule has 1 aliphatic carbocycles. The maximum atomic E-state index is 2.84. The molecule has 2 rings (SSSR count). The van der Waals surface area contributed by atoms with Crippen LogP contribution in [0.1, 0.15) is 65.2 Å². The van der Waals surface area contributed by atoms with Crippen molar-refractivity contribution in [2.24, 2.45) is 0 Å². The van der Waals surface area contributed by atoms with Gasteiger partial charge in [0, 0.05) is 18.1 Å². The van der Waals surface area contributed by atoms with Gasteiger partial charge in [-0.15, -0.1) is 0 Å². The van der Waals surface area contributed by atoms with E-state index in [1.165, 1.54) is 51.4 Å². The van der Waals surface area contributed by atoms with Crippen LogP contribution in [0.5, 0.6) is 0 Å². The van der Waals surface area contributed by atoms with E-state index >= 15 is 0 Å². The molecule has 0 aromatic carbocycles. The summed E-state index contributed by atoms with van der Waals surface area (Å²) in [5, 5.41) is 0. The highest BCUT2D eigenvalue weighted by Gasteiger charge is 2.31. The van der Waals surface area contributed by atoms with Gasteiger partial charge in [-0.25, -0.2) is 0 Å². The molecule has 0 amide bonds. The zero-order valence-corrected chi connectivity index (χ0v) is 9.84. The van der Waals surface area contributed by atoms with Gasteiger partial charge in [-0.2, -0.15) is 0 Å². The van der Waals surface area contributed by atoms with Crippen LogP contribution in [0.15, 0.2) is 0 Å². The Balaban J connectivity index is 1.97. The quantitative estimate of drug-likeness (QED) is 0.618. The molecule has 1 heteroatoms. The molecule has 82 valence electrons. The third-order valence-corrected chi connectivity index (χ3v) is 4.26. The lowest BCUT2D eigenvalue weighted by molar-refractivity contribution is 0.0374. The Labute approximate surface area is 88.9 Å². The van der Waals surface area contributed by atoms with Crippen LogP contribution in [0.2, 0.25) is 0 Å². The summed E-state index contributed by atoms with van der Waals surface area (Å²) in [6.07, 6.45) is 11.7. The first kappa shape index (κ1) is 10.5. The average molecular weight is 195 g/mol. The number of nitrogens with zero attached hydrogens (tertiary/aromatic N) is 1. The zero-order chi connectivity index (χ0) is 9.97. The van der Waals surface area contributed by atoms with Crippen molar-refractivity contribution in [3.8, 4) is 0 Å². The molecule has 2 atom stereocenters. The number of likely N-dealkylation sites (tertiary alicyclic amines) is 1. The summed E-state index contributed by atoms with van der Waals surface area (Å²) in [6, 6.07) is 2.62. The molecular weight excluding hydrogens is 170 g/mol. The van der Waals surface area contributed by atoms with Crippen LogP contribution in [0.25, 0.3) is 0 Å². The molecule has 1 heterocycles. The van der Waals surface area contributed by atoms with Gasteiger partial charge in [0.15, 0.2) is 0 Å². The Kier molecular flexibility index (Phi) is 3.48. The minimum absolute atomic E-state index is 0.849. The summed E-state index contributed by atoms with van der Waals surface area (Å²) in [5.41, 5.74) is 0. The van der Waals surface area contributed by atoms with Gasteiger partial charge in [0.2, 0.25) is 0 Å². The smallest absolute Gasteiger partial charge is 0.0101 e. The van der Waals surface area contributed by atoms with Gasteiger partial charge in [0.1, 0.15) is 0 Å². The van der Waals surface area contributed by atoms with E-state index < -0.39 is 0 Å². The Hall–Kier alpha value is -0.0400. The Bertz CT molecular complexity index is 162. The molecule has 2 aliphatic rings. The second-order valence-corrected chi connectivity index (χ2v) is 5.37. The van der Waals surface area contributed by atoms with Crippen molar-refractivity contribution in [1.82, 2.24) is 4.90 Å². The molecule has 0 aromatic heterocycles. The molecule has 0 N–H and O–H groups in total. The Morgan fingerprint density at radius 2 is 1.29 bits per heavy atom. The third kappa shape index (κ3) is 2.13. The SMILES string of the molecule is CC1CCCC(C)N1C1CCCCC1. The van der Waals surface area contributed by atoms with Crippen molar-refractivity contribution in [2.75, 3.05) is 0 Å². The molecule has 2 unspecified atom stereocenters. The van der Waals surface area contributed by atoms with E-state index in [0.717, 1.165) is 18.1 Å². The molecule has 0 spiro atoms. The van der Waals surface area contributed by atoms with Crippen molar-refractivity contribution >= 4 is 0 Å². The second-order valence-electron chi connectivity index (χ2n) is 5.37. The number of piperidine rings is 1. The fraction of sp³-hybridized carbons (Fsp3) is 1.00. The largest absolute Gasteiger partial charge is 0.295 e. The van der Waals surface area contributed by atoms with E-state index in [9.17, 15) is 0 Å². The molecule has 0 aromatic rings. The van der Waals surface area contributed by atoms with Crippen LogP contribution in [0.4, 0.5) is 0 Å².